The predicted molar refractivity (Wildman–Crippen MR) is 83.5 cm³/mol. The third kappa shape index (κ3) is 3.75. The second-order valence-electron chi connectivity index (χ2n) is 4.62. The topological polar surface area (TPSA) is 37.4 Å². The van der Waals surface area contributed by atoms with Gasteiger partial charge in [-0.05, 0) is 31.2 Å². The summed E-state index contributed by atoms with van der Waals surface area (Å²) in [4.78, 5) is 0. The van der Waals surface area contributed by atoms with E-state index in [0.717, 1.165) is 16.4 Å². The summed E-state index contributed by atoms with van der Waals surface area (Å²) in [5.41, 5.74) is 0.413. The maximum Gasteiger partial charge on any atom is 0.235 e. The maximum atomic E-state index is 13.8. The highest BCUT2D eigenvalue weighted by Crippen LogP contribution is 2.25. The van der Waals surface area contributed by atoms with Gasteiger partial charge in [-0.2, -0.15) is 0 Å². The average molecular weight is 346 g/mol. The van der Waals surface area contributed by atoms with Gasteiger partial charge in [0, 0.05) is 16.7 Å². The van der Waals surface area contributed by atoms with Gasteiger partial charge in [-0.1, -0.05) is 23.7 Å². The molecule has 118 valence electrons. The zero-order valence-electron chi connectivity index (χ0n) is 11.8. The first-order valence-electron chi connectivity index (χ1n) is 6.53. The molecular weight excluding hydrogens is 332 g/mol. The van der Waals surface area contributed by atoms with Crippen LogP contribution in [0.3, 0.4) is 0 Å². The van der Waals surface area contributed by atoms with E-state index in [-0.39, 0.29) is 17.9 Å². The van der Waals surface area contributed by atoms with Gasteiger partial charge in [0.1, 0.15) is 11.6 Å². The van der Waals surface area contributed by atoms with E-state index in [1.54, 1.807) is 18.2 Å². The highest BCUT2D eigenvalue weighted by molar-refractivity contribution is 7.92. The fraction of sp³-hybridized carbons (Fsp3) is 0.200. The van der Waals surface area contributed by atoms with Crippen LogP contribution in [-0.2, 0) is 16.6 Å². The van der Waals surface area contributed by atoms with Crippen molar-refractivity contribution in [2.24, 2.45) is 0 Å². The van der Waals surface area contributed by atoms with Crippen molar-refractivity contribution in [3.8, 4) is 0 Å². The molecule has 0 aliphatic rings. The van der Waals surface area contributed by atoms with Crippen LogP contribution in [0.4, 0.5) is 14.5 Å². The Kier molecular flexibility index (Phi) is 5.03. The summed E-state index contributed by atoms with van der Waals surface area (Å²) in [6, 6.07) is 9.32. The third-order valence-electron chi connectivity index (χ3n) is 3.13. The second-order valence-corrected chi connectivity index (χ2v) is 7.24. The fourth-order valence-electron chi connectivity index (χ4n) is 1.94. The van der Waals surface area contributed by atoms with Crippen LogP contribution >= 0.6 is 11.6 Å². The summed E-state index contributed by atoms with van der Waals surface area (Å²) in [5, 5.41) is 0.369. The predicted octanol–water partition coefficient (Wildman–Crippen LogP) is 3.97. The van der Waals surface area contributed by atoms with Gasteiger partial charge in [0.15, 0.2) is 0 Å². The zero-order chi connectivity index (χ0) is 16.3. The van der Waals surface area contributed by atoms with Crippen LogP contribution in [-0.4, -0.2) is 14.2 Å². The first-order valence-corrected chi connectivity index (χ1v) is 8.52. The molecule has 2 aromatic rings. The zero-order valence-corrected chi connectivity index (χ0v) is 13.3. The lowest BCUT2D eigenvalue weighted by molar-refractivity contribution is 0.569. The average Bonchev–Trinajstić information content (AvgIpc) is 2.46. The molecule has 0 N–H and O–H groups in total. The molecule has 0 unspecified atom stereocenters. The smallest absolute Gasteiger partial charge is 0.235 e. The molecule has 0 saturated heterocycles. The minimum Gasteiger partial charge on any atom is -0.266 e. The Bertz CT molecular complexity index is 781. The van der Waals surface area contributed by atoms with E-state index in [1.165, 1.54) is 19.1 Å². The minimum atomic E-state index is -3.64. The van der Waals surface area contributed by atoms with Crippen molar-refractivity contribution in [3.63, 3.8) is 0 Å². The number of hydrogen-bond donors (Lipinski definition) is 0. The van der Waals surface area contributed by atoms with E-state index in [4.69, 9.17) is 11.6 Å². The summed E-state index contributed by atoms with van der Waals surface area (Å²) in [6.07, 6.45) is 0. The molecule has 0 aliphatic heterocycles. The number of halogens is 3. The summed E-state index contributed by atoms with van der Waals surface area (Å²) in [5.74, 6) is -1.66. The van der Waals surface area contributed by atoms with E-state index in [1.807, 2.05) is 0 Å². The first kappa shape index (κ1) is 16.7. The summed E-state index contributed by atoms with van der Waals surface area (Å²) in [7, 11) is -3.64. The fourth-order valence-corrected chi connectivity index (χ4v) is 3.21. The lowest BCUT2D eigenvalue weighted by Crippen LogP contribution is -2.32. The van der Waals surface area contributed by atoms with E-state index in [0.29, 0.717) is 10.7 Å². The maximum absolute atomic E-state index is 13.8. The molecular formula is C15H14ClF2NO2S. The van der Waals surface area contributed by atoms with Gasteiger partial charge >= 0.3 is 0 Å². The van der Waals surface area contributed by atoms with E-state index in [2.05, 4.69) is 0 Å². The Morgan fingerprint density at radius 3 is 2.45 bits per heavy atom. The number of nitrogens with zero attached hydrogens (tertiary/aromatic N) is 1. The normalized spacial score (nSPS) is 11.5. The number of anilines is 1. The Hall–Kier alpha value is -1.66. The largest absolute Gasteiger partial charge is 0.266 e. The molecule has 0 saturated carbocycles. The van der Waals surface area contributed by atoms with E-state index in [9.17, 15) is 17.2 Å². The van der Waals surface area contributed by atoms with Gasteiger partial charge in [-0.15, -0.1) is 0 Å². The number of benzene rings is 2. The third-order valence-corrected chi connectivity index (χ3v) is 5.10. The summed E-state index contributed by atoms with van der Waals surface area (Å²) < 4.78 is 52.4. The number of hydrogen-bond acceptors (Lipinski definition) is 2. The van der Waals surface area contributed by atoms with Crippen molar-refractivity contribution in [1.29, 1.82) is 0 Å². The Labute approximate surface area is 133 Å². The Balaban J connectivity index is 2.46. The van der Waals surface area contributed by atoms with Crippen molar-refractivity contribution in [2.75, 3.05) is 10.1 Å². The highest BCUT2D eigenvalue weighted by atomic mass is 35.5. The molecule has 0 bridgehead atoms. The van der Waals surface area contributed by atoms with Crippen LogP contribution < -0.4 is 4.31 Å². The van der Waals surface area contributed by atoms with Crippen molar-refractivity contribution in [3.05, 3.63) is 64.7 Å². The van der Waals surface area contributed by atoms with Crippen LogP contribution in [0.15, 0.2) is 42.5 Å². The van der Waals surface area contributed by atoms with E-state index < -0.39 is 21.7 Å². The van der Waals surface area contributed by atoms with Gasteiger partial charge in [-0.3, -0.25) is 4.31 Å². The molecule has 22 heavy (non-hydrogen) atoms. The highest BCUT2D eigenvalue weighted by Gasteiger charge is 2.22. The van der Waals surface area contributed by atoms with Crippen molar-refractivity contribution < 1.29 is 17.2 Å². The number of sulfonamides is 1. The van der Waals surface area contributed by atoms with Gasteiger partial charge in [0.05, 0.1) is 18.0 Å². The van der Waals surface area contributed by atoms with Crippen LogP contribution in [0.25, 0.3) is 0 Å². The Morgan fingerprint density at radius 2 is 1.86 bits per heavy atom. The van der Waals surface area contributed by atoms with Crippen LogP contribution in [0.5, 0.6) is 0 Å². The van der Waals surface area contributed by atoms with Crippen molar-refractivity contribution >= 4 is 27.3 Å². The van der Waals surface area contributed by atoms with Crippen molar-refractivity contribution in [2.45, 2.75) is 13.5 Å². The van der Waals surface area contributed by atoms with Gasteiger partial charge in [0.2, 0.25) is 10.0 Å². The molecule has 0 atom stereocenters. The quantitative estimate of drug-likeness (QED) is 0.822. The molecule has 3 nitrogen and oxygen atoms in total. The molecule has 0 radical (unpaired) electrons. The molecule has 7 heteroatoms. The number of rotatable bonds is 5. The Morgan fingerprint density at radius 1 is 1.14 bits per heavy atom. The summed E-state index contributed by atoms with van der Waals surface area (Å²) in [6.45, 7) is 1.26. The molecule has 2 rings (SSSR count). The van der Waals surface area contributed by atoms with Gasteiger partial charge < -0.3 is 0 Å². The molecule has 0 spiro atoms. The van der Waals surface area contributed by atoms with Gasteiger partial charge in [-0.25, -0.2) is 17.2 Å². The standard InChI is InChI=1S/C15H14ClF2NO2S/c1-2-22(20,21)19(14-5-3-4-12(16)8-14)10-11-6-7-13(17)9-15(11)18/h3-9H,2,10H2,1H3. The minimum absolute atomic E-state index is 0.0819. The van der Waals surface area contributed by atoms with Crippen LogP contribution in [0, 0.1) is 11.6 Å². The molecule has 0 heterocycles. The van der Waals surface area contributed by atoms with Gasteiger partial charge in [0.25, 0.3) is 0 Å². The molecule has 0 aromatic heterocycles. The second kappa shape index (κ2) is 6.62. The molecule has 0 amide bonds. The monoisotopic (exact) mass is 345 g/mol. The van der Waals surface area contributed by atoms with Crippen molar-refractivity contribution in [1.82, 2.24) is 0 Å². The van der Waals surface area contributed by atoms with Crippen LogP contribution in [0.1, 0.15) is 12.5 Å². The molecule has 0 aliphatic carbocycles. The lowest BCUT2D eigenvalue weighted by atomic mass is 10.2. The SMILES string of the molecule is CCS(=O)(=O)N(Cc1ccc(F)cc1F)c1cccc(Cl)c1. The van der Waals surface area contributed by atoms with E-state index >= 15 is 0 Å². The molecule has 0 fully saturated rings. The first-order chi connectivity index (χ1) is 10.3. The lowest BCUT2D eigenvalue weighted by Gasteiger charge is -2.24. The molecule has 2 aromatic carbocycles. The van der Waals surface area contributed by atoms with Crippen LogP contribution in [0.2, 0.25) is 5.02 Å². The summed E-state index contributed by atoms with van der Waals surface area (Å²) >= 11 is 5.89.